The average Bonchev–Trinajstić information content (AvgIpc) is 3.15. The Morgan fingerprint density at radius 1 is 0.302 bits per heavy atom. The van der Waals surface area contributed by atoms with Gasteiger partial charge in [0.25, 0.3) is 0 Å². The lowest BCUT2D eigenvalue weighted by Crippen LogP contribution is -2.30. The summed E-state index contributed by atoms with van der Waals surface area (Å²) in [5.74, 6) is -0.864. The first kappa shape index (κ1) is 51.4. The van der Waals surface area contributed by atoms with E-state index in [9.17, 15) is 14.4 Å². The Morgan fingerprint density at radius 2 is 0.509 bits per heavy atom. The van der Waals surface area contributed by atoms with E-state index >= 15 is 0 Å². The van der Waals surface area contributed by atoms with Crippen molar-refractivity contribution in [3.63, 3.8) is 0 Å². The maximum absolute atomic E-state index is 12.5. The van der Waals surface area contributed by atoms with E-state index in [2.05, 4.69) is 20.8 Å². The highest BCUT2D eigenvalue weighted by atomic mass is 16.6. The van der Waals surface area contributed by atoms with Crippen LogP contribution in [0.1, 0.15) is 265 Å². The number of ether oxygens (including phenoxy) is 3. The average molecular weight is 751 g/mol. The van der Waals surface area contributed by atoms with Gasteiger partial charge in [-0.15, -0.1) is 0 Å². The smallest absolute Gasteiger partial charge is 0.306 e. The normalized spacial score (nSPS) is 11.8. The molecule has 0 aromatic carbocycles. The third-order valence-corrected chi connectivity index (χ3v) is 10.6. The van der Waals surface area contributed by atoms with E-state index in [1.807, 2.05) is 0 Å². The quantitative estimate of drug-likeness (QED) is 0.0351. The van der Waals surface area contributed by atoms with E-state index < -0.39 is 6.10 Å². The molecule has 0 amide bonds. The molecule has 6 heteroatoms. The van der Waals surface area contributed by atoms with Crippen molar-refractivity contribution in [3.05, 3.63) is 0 Å². The molecule has 53 heavy (non-hydrogen) atoms. The van der Waals surface area contributed by atoms with Gasteiger partial charge in [0.1, 0.15) is 13.2 Å². The summed E-state index contributed by atoms with van der Waals surface area (Å²) in [6, 6.07) is 0. The summed E-state index contributed by atoms with van der Waals surface area (Å²) in [7, 11) is 0. The summed E-state index contributed by atoms with van der Waals surface area (Å²) in [5, 5.41) is 0. The Morgan fingerprint density at radius 3 is 0.755 bits per heavy atom. The predicted molar refractivity (Wildman–Crippen MR) is 224 cm³/mol. The van der Waals surface area contributed by atoms with Gasteiger partial charge in [-0.05, 0) is 19.3 Å². The number of esters is 3. The van der Waals surface area contributed by atoms with Crippen molar-refractivity contribution in [1.82, 2.24) is 0 Å². The van der Waals surface area contributed by atoms with Gasteiger partial charge in [-0.1, -0.05) is 226 Å². The molecule has 0 N–H and O–H groups in total. The van der Waals surface area contributed by atoms with Crippen LogP contribution in [0.15, 0.2) is 0 Å². The SMILES string of the molecule is CCCCCCCCCCCCCCCCCCCC(=O)OC[C@@H](COC(=O)CCCCCCCCCCCCCCC)OC(=O)CCCCCCC. The van der Waals surface area contributed by atoms with Crippen LogP contribution in [0.3, 0.4) is 0 Å². The van der Waals surface area contributed by atoms with Crippen molar-refractivity contribution in [3.8, 4) is 0 Å². The van der Waals surface area contributed by atoms with E-state index in [0.717, 1.165) is 64.2 Å². The monoisotopic (exact) mass is 751 g/mol. The molecule has 0 radical (unpaired) electrons. The number of unbranched alkanes of at least 4 members (excludes halogenated alkanes) is 32. The maximum atomic E-state index is 12.5. The molecule has 0 aliphatic carbocycles. The fourth-order valence-corrected chi connectivity index (χ4v) is 7.03. The van der Waals surface area contributed by atoms with Crippen LogP contribution in [-0.2, 0) is 28.6 Å². The second-order valence-electron chi connectivity index (χ2n) is 16.0. The zero-order chi connectivity index (χ0) is 38.7. The minimum absolute atomic E-state index is 0.0641. The maximum Gasteiger partial charge on any atom is 0.306 e. The fourth-order valence-electron chi connectivity index (χ4n) is 7.03. The van der Waals surface area contributed by atoms with Gasteiger partial charge in [0.05, 0.1) is 0 Å². The van der Waals surface area contributed by atoms with E-state index in [1.54, 1.807) is 0 Å². The Balaban J connectivity index is 4.09. The van der Waals surface area contributed by atoms with E-state index in [-0.39, 0.29) is 31.1 Å². The van der Waals surface area contributed by atoms with Crippen molar-refractivity contribution in [2.24, 2.45) is 0 Å². The molecule has 314 valence electrons. The van der Waals surface area contributed by atoms with Gasteiger partial charge in [-0.3, -0.25) is 14.4 Å². The standard InChI is InChI=1S/C47H90O6/c1-4-7-10-13-15-17-19-21-22-23-24-26-28-30-32-35-37-40-46(49)52-43-44(53-47(50)41-38-33-12-9-6-3)42-51-45(48)39-36-34-31-29-27-25-20-18-16-14-11-8-5-2/h44H,4-43H2,1-3H3/t44-/m1/s1. The predicted octanol–water partition coefficient (Wildman–Crippen LogP) is 14.9. The molecular formula is C47H90O6. The molecule has 1 atom stereocenters. The zero-order valence-electron chi connectivity index (χ0n) is 35.8. The molecule has 0 heterocycles. The van der Waals surface area contributed by atoms with E-state index in [4.69, 9.17) is 14.2 Å². The Labute approximate surface area is 329 Å². The van der Waals surface area contributed by atoms with Crippen LogP contribution in [0, 0.1) is 0 Å². The second-order valence-corrected chi connectivity index (χ2v) is 16.0. The summed E-state index contributed by atoms with van der Waals surface area (Å²) in [6.45, 7) is 6.58. The highest BCUT2D eigenvalue weighted by Crippen LogP contribution is 2.16. The third-order valence-electron chi connectivity index (χ3n) is 10.6. The summed E-state index contributed by atoms with van der Waals surface area (Å²) in [6.07, 6.45) is 44.0. The van der Waals surface area contributed by atoms with Gasteiger partial charge in [-0.25, -0.2) is 0 Å². The van der Waals surface area contributed by atoms with Crippen LogP contribution in [0.2, 0.25) is 0 Å². The van der Waals surface area contributed by atoms with Crippen molar-refractivity contribution in [2.75, 3.05) is 13.2 Å². The highest BCUT2D eigenvalue weighted by Gasteiger charge is 2.19. The van der Waals surface area contributed by atoms with Crippen LogP contribution in [0.5, 0.6) is 0 Å². The molecular weight excluding hydrogens is 661 g/mol. The Hall–Kier alpha value is -1.59. The zero-order valence-corrected chi connectivity index (χ0v) is 35.8. The van der Waals surface area contributed by atoms with Crippen LogP contribution in [0.25, 0.3) is 0 Å². The molecule has 0 aromatic rings. The summed E-state index contributed by atoms with van der Waals surface area (Å²) in [5.41, 5.74) is 0. The number of hydrogen-bond acceptors (Lipinski definition) is 6. The van der Waals surface area contributed by atoms with Crippen molar-refractivity contribution >= 4 is 17.9 Å². The fraction of sp³-hybridized carbons (Fsp3) is 0.936. The Bertz CT molecular complexity index is 783. The Kier molecular flexibility index (Phi) is 41.8. The van der Waals surface area contributed by atoms with Crippen LogP contribution in [-0.4, -0.2) is 37.2 Å². The molecule has 0 unspecified atom stereocenters. The second kappa shape index (κ2) is 43.1. The molecule has 0 rings (SSSR count). The number of rotatable bonds is 43. The van der Waals surface area contributed by atoms with Crippen molar-refractivity contribution in [1.29, 1.82) is 0 Å². The summed E-state index contributed by atoms with van der Waals surface area (Å²) < 4.78 is 16.6. The molecule has 0 aromatic heterocycles. The first-order chi connectivity index (χ1) is 26.0. The number of carbonyl (C=O) groups excluding carboxylic acids is 3. The van der Waals surface area contributed by atoms with Gasteiger partial charge in [0, 0.05) is 19.3 Å². The van der Waals surface area contributed by atoms with Gasteiger partial charge in [0.2, 0.25) is 0 Å². The molecule has 0 bridgehead atoms. The largest absolute Gasteiger partial charge is 0.462 e. The molecule has 0 aliphatic rings. The summed E-state index contributed by atoms with van der Waals surface area (Å²) >= 11 is 0. The molecule has 6 nitrogen and oxygen atoms in total. The van der Waals surface area contributed by atoms with Crippen LogP contribution in [0.4, 0.5) is 0 Å². The minimum Gasteiger partial charge on any atom is -0.462 e. The van der Waals surface area contributed by atoms with Gasteiger partial charge in [-0.2, -0.15) is 0 Å². The molecule has 0 saturated heterocycles. The number of carbonyl (C=O) groups is 3. The van der Waals surface area contributed by atoms with Gasteiger partial charge in [0.15, 0.2) is 6.10 Å². The van der Waals surface area contributed by atoms with Crippen molar-refractivity contribution < 1.29 is 28.6 Å². The first-order valence-corrected chi connectivity index (χ1v) is 23.5. The lowest BCUT2D eigenvalue weighted by atomic mass is 10.0. The lowest BCUT2D eigenvalue weighted by molar-refractivity contribution is -0.167. The molecule has 0 aliphatic heterocycles. The molecule has 0 saturated carbocycles. The molecule has 0 spiro atoms. The number of hydrogen-bond donors (Lipinski definition) is 0. The van der Waals surface area contributed by atoms with E-state index in [0.29, 0.717) is 19.3 Å². The van der Waals surface area contributed by atoms with E-state index in [1.165, 1.54) is 161 Å². The summed E-state index contributed by atoms with van der Waals surface area (Å²) in [4.78, 5) is 37.5. The topological polar surface area (TPSA) is 78.9 Å². The molecule has 0 fully saturated rings. The third kappa shape index (κ3) is 41.4. The van der Waals surface area contributed by atoms with Crippen LogP contribution < -0.4 is 0 Å². The lowest BCUT2D eigenvalue weighted by Gasteiger charge is -2.18. The van der Waals surface area contributed by atoms with Crippen LogP contribution >= 0.6 is 0 Å². The first-order valence-electron chi connectivity index (χ1n) is 23.5. The van der Waals surface area contributed by atoms with Crippen molar-refractivity contribution in [2.45, 2.75) is 271 Å². The highest BCUT2D eigenvalue weighted by molar-refractivity contribution is 5.71. The minimum atomic E-state index is -0.756. The van der Waals surface area contributed by atoms with Gasteiger partial charge < -0.3 is 14.2 Å². The van der Waals surface area contributed by atoms with Gasteiger partial charge >= 0.3 is 17.9 Å².